The third-order valence-corrected chi connectivity index (χ3v) is 6.67. The number of hydrogen-bond donors (Lipinski definition) is 0. The lowest BCUT2D eigenvalue weighted by Crippen LogP contribution is -2.25. The fraction of sp³-hybridized carbons (Fsp3) is 0.727. The highest BCUT2D eigenvalue weighted by Crippen LogP contribution is 2.44. The van der Waals surface area contributed by atoms with Gasteiger partial charge in [-0.05, 0) is 79.9 Å². The molecule has 2 saturated carbocycles. The molecule has 0 saturated heterocycles. The highest BCUT2D eigenvalue weighted by atomic mass is 19.3. The van der Waals surface area contributed by atoms with Gasteiger partial charge in [-0.1, -0.05) is 38.7 Å². The van der Waals surface area contributed by atoms with E-state index in [1.54, 1.807) is 6.07 Å². The van der Waals surface area contributed by atoms with Crippen molar-refractivity contribution in [3.8, 4) is 5.75 Å². The van der Waals surface area contributed by atoms with E-state index in [0.29, 0.717) is 5.92 Å². The van der Waals surface area contributed by atoms with Gasteiger partial charge in [0.05, 0.1) is 0 Å². The monoisotopic (exact) mass is 368 g/mol. The largest absolute Gasteiger partial charge is 0.432 e. The van der Waals surface area contributed by atoms with Gasteiger partial charge < -0.3 is 4.74 Å². The summed E-state index contributed by atoms with van der Waals surface area (Å²) in [4.78, 5) is 0. The minimum Gasteiger partial charge on any atom is -0.432 e. The lowest BCUT2D eigenvalue weighted by atomic mass is 9.68. The van der Waals surface area contributed by atoms with E-state index in [1.165, 1.54) is 63.5 Å². The molecule has 1 aromatic carbocycles. The first-order chi connectivity index (χ1) is 12.6. The number of ether oxygens (including phenoxy) is 1. The molecule has 0 aromatic heterocycles. The molecule has 146 valence electrons. The van der Waals surface area contributed by atoms with Gasteiger partial charge in [0, 0.05) is 0 Å². The topological polar surface area (TPSA) is 9.23 Å². The summed E-state index contributed by atoms with van der Waals surface area (Å²) in [5, 5.41) is 0. The molecule has 0 atom stereocenters. The lowest BCUT2D eigenvalue weighted by molar-refractivity contribution is -0.0522. The molecule has 26 heavy (non-hydrogen) atoms. The average Bonchev–Trinajstić information content (AvgIpc) is 2.64. The Hall–Kier alpha value is -1.19. The third kappa shape index (κ3) is 4.95. The number of alkyl halides is 2. The maximum atomic E-state index is 14.0. The molecular weight excluding hydrogens is 337 g/mol. The highest BCUT2D eigenvalue weighted by molar-refractivity contribution is 5.31. The summed E-state index contributed by atoms with van der Waals surface area (Å²) in [6, 6.07) is 4.48. The fourth-order valence-corrected chi connectivity index (χ4v) is 5.24. The Morgan fingerprint density at radius 1 is 0.962 bits per heavy atom. The van der Waals surface area contributed by atoms with Gasteiger partial charge in [0.15, 0.2) is 11.6 Å². The minimum atomic E-state index is -2.99. The van der Waals surface area contributed by atoms with Crippen LogP contribution in [0.5, 0.6) is 5.75 Å². The molecule has 0 bridgehead atoms. The summed E-state index contributed by atoms with van der Waals surface area (Å²) in [7, 11) is 0. The van der Waals surface area contributed by atoms with Crippen LogP contribution in [0.2, 0.25) is 0 Å². The van der Waals surface area contributed by atoms with Crippen molar-refractivity contribution < 1.29 is 17.9 Å². The van der Waals surface area contributed by atoms with Crippen molar-refractivity contribution in [1.82, 2.24) is 0 Å². The Labute approximate surface area is 155 Å². The molecule has 1 aromatic rings. The van der Waals surface area contributed by atoms with E-state index in [4.69, 9.17) is 0 Å². The Morgan fingerprint density at radius 3 is 2.12 bits per heavy atom. The molecular formula is C22H31F3O. The Bertz CT molecular complexity index is 559. The zero-order valence-corrected chi connectivity index (χ0v) is 15.7. The molecule has 0 radical (unpaired) electrons. The summed E-state index contributed by atoms with van der Waals surface area (Å²) in [6.07, 6.45) is 12.8. The van der Waals surface area contributed by atoms with Crippen molar-refractivity contribution in [1.29, 1.82) is 0 Å². The fourth-order valence-electron chi connectivity index (χ4n) is 5.24. The first-order valence-corrected chi connectivity index (χ1v) is 10.3. The smallest absolute Gasteiger partial charge is 0.387 e. The van der Waals surface area contributed by atoms with Crippen LogP contribution in [0.3, 0.4) is 0 Å². The molecule has 0 aliphatic heterocycles. The van der Waals surface area contributed by atoms with E-state index in [1.807, 2.05) is 0 Å². The van der Waals surface area contributed by atoms with Crippen LogP contribution in [0.4, 0.5) is 13.2 Å². The number of benzene rings is 1. The summed E-state index contributed by atoms with van der Waals surface area (Å²) >= 11 is 0. The van der Waals surface area contributed by atoms with Crippen molar-refractivity contribution in [2.24, 2.45) is 17.8 Å². The zero-order chi connectivity index (χ0) is 18.5. The number of halogens is 3. The first kappa shape index (κ1) is 19.6. The molecule has 0 amide bonds. The zero-order valence-electron chi connectivity index (χ0n) is 15.7. The van der Waals surface area contributed by atoms with Crippen LogP contribution in [0.1, 0.15) is 82.6 Å². The van der Waals surface area contributed by atoms with Crippen LogP contribution in [-0.4, -0.2) is 6.61 Å². The van der Waals surface area contributed by atoms with E-state index in [9.17, 15) is 13.2 Å². The molecule has 4 heteroatoms. The van der Waals surface area contributed by atoms with Crippen LogP contribution in [-0.2, 0) is 0 Å². The van der Waals surface area contributed by atoms with Crippen LogP contribution < -0.4 is 4.74 Å². The minimum absolute atomic E-state index is 0.345. The quantitative estimate of drug-likeness (QED) is 0.511. The lowest BCUT2D eigenvalue weighted by Gasteiger charge is -2.38. The maximum absolute atomic E-state index is 14.0. The predicted molar refractivity (Wildman–Crippen MR) is 98.1 cm³/mol. The highest BCUT2D eigenvalue weighted by Gasteiger charge is 2.31. The van der Waals surface area contributed by atoms with E-state index in [-0.39, 0.29) is 5.75 Å². The standard InChI is InChI=1S/C22H31F3O/c1-2-3-15-4-6-16(7-5-15)17-8-10-18(11-9-17)19-12-13-21(20(23)14-19)26-22(24)25/h12-18,22H,2-11H2,1H3/t15-,16-,17-,18-. The molecule has 2 aliphatic carbocycles. The van der Waals surface area contributed by atoms with Crippen LogP contribution in [0.15, 0.2) is 18.2 Å². The summed E-state index contributed by atoms with van der Waals surface area (Å²) in [5.74, 6) is 1.95. The SMILES string of the molecule is CCC[C@H]1CC[C@H]([C@H]2CC[C@H](c3ccc(OC(F)F)c(F)c3)CC2)CC1. The van der Waals surface area contributed by atoms with Crippen LogP contribution in [0.25, 0.3) is 0 Å². The molecule has 0 unspecified atom stereocenters. The van der Waals surface area contributed by atoms with Gasteiger partial charge in [0.2, 0.25) is 0 Å². The van der Waals surface area contributed by atoms with Crippen LogP contribution >= 0.6 is 0 Å². The van der Waals surface area contributed by atoms with E-state index in [2.05, 4.69) is 11.7 Å². The normalized spacial score (nSPS) is 29.7. The second-order valence-corrected chi connectivity index (χ2v) is 8.25. The molecule has 3 rings (SSSR count). The number of rotatable bonds is 6. The van der Waals surface area contributed by atoms with E-state index in [0.717, 1.165) is 36.2 Å². The molecule has 2 fully saturated rings. The van der Waals surface area contributed by atoms with E-state index < -0.39 is 12.4 Å². The second kappa shape index (κ2) is 9.14. The molecule has 1 nitrogen and oxygen atoms in total. The van der Waals surface area contributed by atoms with Gasteiger partial charge in [-0.2, -0.15) is 8.78 Å². The third-order valence-electron chi connectivity index (χ3n) is 6.67. The van der Waals surface area contributed by atoms with Crippen molar-refractivity contribution in [2.75, 3.05) is 0 Å². The molecule has 0 spiro atoms. The average molecular weight is 368 g/mol. The van der Waals surface area contributed by atoms with Crippen molar-refractivity contribution in [3.63, 3.8) is 0 Å². The Balaban J connectivity index is 1.50. The van der Waals surface area contributed by atoms with Gasteiger partial charge in [-0.25, -0.2) is 4.39 Å². The van der Waals surface area contributed by atoms with E-state index >= 15 is 0 Å². The van der Waals surface area contributed by atoms with Gasteiger partial charge >= 0.3 is 6.61 Å². The molecule has 0 heterocycles. The van der Waals surface area contributed by atoms with Crippen molar-refractivity contribution in [2.45, 2.75) is 83.7 Å². The van der Waals surface area contributed by atoms with Gasteiger partial charge in [0.1, 0.15) is 0 Å². The predicted octanol–water partition coefficient (Wildman–Crippen LogP) is 7.31. The first-order valence-electron chi connectivity index (χ1n) is 10.3. The van der Waals surface area contributed by atoms with Crippen LogP contribution in [0, 0.1) is 23.6 Å². The van der Waals surface area contributed by atoms with Gasteiger partial charge in [-0.3, -0.25) is 0 Å². The van der Waals surface area contributed by atoms with Gasteiger partial charge in [-0.15, -0.1) is 0 Å². The summed E-state index contributed by atoms with van der Waals surface area (Å²) in [5.41, 5.74) is 0.925. The summed E-state index contributed by atoms with van der Waals surface area (Å²) < 4.78 is 42.7. The Kier molecular flexibility index (Phi) is 6.88. The van der Waals surface area contributed by atoms with Crippen molar-refractivity contribution >= 4 is 0 Å². The second-order valence-electron chi connectivity index (χ2n) is 8.25. The maximum Gasteiger partial charge on any atom is 0.387 e. The van der Waals surface area contributed by atoms with Gasteiger partial charge in [0.25, 0.3) is 0 Å². The molecule has 2 aliphatic rings. The number of hydrogen-bond acceptors (Lipinski definition) is 1. The Morgan fingerprint density at radius 2 is 1.58 bits per heavy atom. The molecule has 0 N–H and O–H groups in total. The van der Waals surface area contributed by atoms with Crippen molar-refractivity contribution in [3.05, 3.63) is 29.6 Å². The summed E-state index contributed by atoms with van der Waals surface area (Å²) in [6.45, 7) is -0.708.